The van der Waals surface area contributed by atoms with Gasteiger partial charge >= 0.3 is 0 Å². The van der Waals surface area contributed by atoms with Gasteiger partial charge in [0.2, 0.25) is 0 Å². The lowest BCUT2D eigenvalue weighted by molar-refractivity contribution is 0.378. The first-order valence-corrected chi connectivity index (χ1v) is 4.92. The van der Waals surface area contributed by atoms with Crippen molar-refractivity contribution in [2.45, 2.75) is 33.2 Å². The highest BCUT2D eigenvalue weighted by molar-refractivity contribution is 4.95. The molecule has 1 heterocycles. The van der Waals surface area contributed by atoms with E-state index in [2.05, 4.69) is 30.3 Å². The SMILES string of the molecule is CCc1nccn1C(C)C(C)CN. The van der Waals surface area contributed by atoms with Gasteiger partial charge in [-0.05, 0) is 19.4 Å². The largest absolute Gasteiger partial charge is 0.332 e. The zero-order valence-corrected chi connectivity index (χ0v) is 8.70. The van der Waals surface area contributed by atoms with Gasteiger partial charge < -0.3 is 10.3 Å². The molecule has 0 aromatic carbocycles. The lowest BCUT2D eigenvalue weighted by Gasteiger charge is -2.21. The lowest BCUT2D eigenvalue weighted by Crippen LogP contribution is -2.22. The highest BCUT2D eigenvalue weighted by Gasteiger charge is 2.14. The van der Waals surface area contributed by atoms with Crippen LogP contribution in [0.3, 0.4) is 0 Å². The number of hydrogen-bond donors (Lipinski definition) is 1. The minimum Gasteiger partial charge on any atom is -0.332 e. The molecule has 2 N–H and O–H groups in total. The third-order valence-corrected chi connectivity index (χ3v) is 2.70. The van der Waals surface area contributed by atoms with E-state index in [-0.39, 0.29) is 0 Å². The van der Waals surface area contributed by atoms with Crippen LogP contribution in [0, 0.1) is 5.92 Å². The first kappa shape index (κ1) is 10.3. The van der Waals surface area contributed by atoms with E-state index in [4.69, 9.17) is 5.73 Å². The highest BCUT2D eigenvalue weighted by Crippen LogP contribution is 2.18. The molecule has 0 fully saturated rings. The van der Waals surface area contributed by atoms with Crippen LogP contribution in [0.2, 0.25) is 0 Å². The predicted octanol–water partition coefficient (Wildman–Crippen LogP) is 1.60. The molecule has 2 atom stereocenters. The predicted molar refractivity (Wildman–Crippen MR) is 54.5 cm³/mol. The second kappa shape index (κ2) is 4.42. The molecule has 0 spiro atoms. The molecule has 13 heavy (non-hydrogen) atoms. The van der Waals surface area contributed by atoms with Crippen molar-refractivity contribution in [1.29, 1.82) is 0 Å². The van der Waals surface area contributed by atoms with Crippen molar-refractivity contribution in [1.82, 2.24) is 9.55 Å². The summed E-state index contributed by atoms with van der Waals surface area (Å²) < 4.78 is 2.22. The second-order valence-corrected chi connectivity index (χ2v) is 3.56. The Morgan fingerprint density at radius 1 is 1.54 bits per heavy atom. The molecule has 0 aliphatic carbocycles. The minimum absolute atomic E-state index is 0.447. The average Bonchev–Trinajstić information content (AvgIpc) is 2.62. The molecular weight excluding hydrogens is 162 g/mol. The van der Waals surface area contributed by atoms with Gasteiger partial charge in [0.25, 0.3) is 0 Å². The van der Waals surface area contributed by atoms with Crippen molar-refractivity contribution in [3.63, 3.8) is 0 Å². The van der Waals surface area contributed by atoms with E-state index >= 15 is 0 Å². The van der Waals surface area contributed by atoms with Crippen molar-refractivity contribution in [2.75, 3.05) is 6.54 Å². The van der Waals surface area contributed by atoms with Gasteiger partial charge in [0.1, 0.15) is 5.82 Å². The normalized spacial score (nSPS) is 15.7. The van der Waals surface area contributed by atoms with Gasteiger partial charge in [0, 0.05) is 24.9 Å². The summed E-state index contributed by atoms with van der Waals surface area (Å²) in [6.07, 6.45) is 4.88. The summed E-state index contributed by atoms with van der Waals surface area (Å²) >= 11 is 0. The maximum Gasteiger partial charge on any atom is 0.108 e. The summed E-state index contributed by atoms with van der Waals surface area (Å²) in [7, 11) is 0. The molecule has 0 aliphatic rings. The number of aryl methyl sites for hydroxylation is 1. The fourth-order valence-corrected chi connectivity index (χ4v) is 1.46. The van der Waals surface area contributed by atoms with E-state index in [9.17, 15) is 0 Å². The molecule has 1 aromatic rings. The van der Waals surface area contributed by atoms with E-state index in [1.54, 1.807) is 0 Å². The molecular formula is C10H19N3. The fourth-order valence-electron chi connectivity index (χ4n) is 1.46. The van der Waals surface area contributed by atoms with Gasteiger partial charge in [0.05, 0.1) is 0 Å². The van der Waals surface area contributed by atoms with Crippen LogP contribution in [0.5, 0.6) is 0 Å². The number of imidazole rings is 1. The van der Waals surface area contributed by atoms with Crippen molar-refractivity contribution < 1.29 is 0 Å². The van der Waals surface area contributed by atoms with Crippen LogP contribution in [0.25, 0.3) is 0 Å². The van der Waals surface area contributed by atoms with Gasteiger partial charge in [0.15, 0.2) is 0 Å². The summed E-state index contributed by atoms with van der Waals surface area (Å²) in [4.78, 5) is 4.29. The molecule has 0 radical (unpaired) electrons. The summed E-state index contributed by atoms with van der Waals surface area (Å²) in [5, 5.41) is 0. The van der Waals surface area contributed by atoms with Gasteiger partial charge in [-0.15, -0.1) is 0 Å². The Morgan fingerprint density at radius 2 is 2.23 bits per heavy atom. The van der Waals surface area contributed by atoms with Crippen molar-refractivity contribution in [3.05, 3.63) is 18.2 Å². The van der Waals surface area contributed by atoms with Crippen LogP contribution in [-0.2, 0) is 6.42 Å². The molecule has 0 aliphatic heterocycles. The Balaban J connectivity index is 2.81. The van der Waals surface area contributed by atoms with Crippen LogP contribution in [0.15, 0.2) is 12.4 Å². The van der Waals surface area contributed by atoms with Crippen molar-refractivity contribution >= 4 is 0 Å². The fraction of sp³-hybridized carbons (Fsp3) is 0.700. The zero-order chi connectivity index (χ0) is 9.84. The van der Waals surface area contributed by atoms with E-state index in [0.29, 0.717) is 12.0 Å². The van der Waals surface area contributed by atoms with Crippen molar-refractivity contribution in [3.8, 4) is 0 Å². The Bertz CT molecular complexity index is 254. The summed E-state index contributed by atoms with van der Waals surface area (Å²) in [5.74, 6) is 1.65. The smallest absolute Gasteiger partial charge is 0.108 e. The molecule has 1 rings (SSSR count). The van der Waals surface area contributed by atoms with Gasteiger partial charge in [-0.3, -0.25) is 0 Å². The Labute approximate surface area is 80.0 Å². The number of rotatable bonds is 4. The molecule has 0 saturated heterocycles. The standard InChI is InChI=1S/C10H19N3/c1-4-10-12-5-6-13(10)9(3)8(2)7-11/h5-6,8-9H,4,7,11H2,1-3H3. The zero-order valence-electron chi connectivity index (χ0n) is 8.70. The lowest BCUT2D eigenvalue weighted by atomic mass is 10.0. The number of hydrogen-bond acceptors (Lipinski definition) is 2. The third-order valence-electron chi connectivity index (χ3n) is 2.70. The molecule has 3 nitrogen and oxygen atoms in total. The molecule has 74 valence electrons. The molecule has 0 saturated carbocycles. The molecule has 3 heteroatoms. The Morgan fingerprint density at radius 3 is 2.77 bits per heavy atom. The maximum absolute atomic E-state index is 5.64. The third kappa shape index (κ3) is 2.10. The minimum atomic E-state index is 0.447. The Hall–Kier alpha value is -0.830. The second-order valence-electron chi connectivity index (χ2n) is 3.56. The average molecular weight is 181 g/mol. The van der Waals surface area contributed by atoms with Gasteiger partial charge in [-0.1, -0.05) is 13.8 Å². The summed E-state index contributed by atoms with van der Waals surface area (Å²) in [6, 6.07) is 0.447. The monoisotopic (exact) mass is 181 g/mol. The maximum atomic E-state index is 5.64. The molecule has 0 bridgehead atoms. The van der Waals surface area contributed by atoms with Crippen LogP contribution >= 0.6 is 0 Å². The number of aromatic nitrogens is 2. The molecule has 0 amide bonds. The van der Waals surface area contributed by atoms with Crippen LogP contribution in [0.4, 0.5) is 0 Å². The van der Waals surface area contributed by atoms with E-state index in [0.717, 1.165) is 18.8 Å². The highest BCUT2D eigenvalue weighted by atomic mass is 15.1. The van der Waals surface area contributed by atoms with E-state index < -0.39 is 0 Å². The summed E-state index contributed by atoms with van der Waals surface area (Å²) in [5.41, 5.74) is 5.64. The van der Waals surface area contributed by atoms with Crippen LogP contribution in [0.1, 0.15) is 32.6 Å². The number of nitrogens with two attached hydrogens (primary N) is 1. The quantitative estimate of drug-likeness (QED) is 0.766. The van der Waals surface area contributed by atoms with E-state index in [1.165, 1.54) is 0 Å². The molecule has 1 aromatic heterocycles. The van der Waals surface area contributed by atoms with Gasteiger partial charge in [-0.2, -0.15) is 0 Å². The Kier molecular flexibility index (Phi) is 3.48. The van der Waals surface area contributed by atoms with Gasteiger partial charge in [-0.25, -0.2) is 4.98 Å². The topological polar surface area (TPSA) is 43.8 Å². The van der Waals surface area contributed by atoms with Crippen LogP contribution < -0.4 is 5.73 Å². The first-order chi connectivity index (χ1) is 6.20. The summed E-state index contributed by atoms with van der Waals surface area (Å²) in [6.45, 7) is 7.21. The van der Waals surface area contributed by atoms with Crippen molar-refractivity contribution in [2.24, 2.45) is 11.7 Å². The van der Waals surface area contributed by atoms with E-state index in [1.807, 2.05) is 12.4 Å². The number of nitrogens with zero attached hydrogens (tertiary/aromatic N) is 2. The first-order valence-electron chi connectivity index (χ1n) is 4.92. The molecule has 2 unspecified atom stereocenters. The van der Waals surface area contributed by atoms with Crippen LogP contribution in [-0.4, -0.2) is 16.1 Å².